The van der Waals surface area contributed by atoms with Crippen LogP contribution in [0.4, 0.5) is 13.2 Å². The number of aryl methyl sites for hydroxylation is 1. The number of aromatic nitrogens is 2. The van der Waals surface area contributed by atoms with Gasteiger partial charge in [-0.3, -0.25) is 4.68 Å². The summed E-state index contributed by atoms with van der Waals surface area (Å²) in [7, 11) is -3.30. The van der Waals surface area contributed by atoms with Crippen LogP contribution in [0.2, 0.25) is 5.02 Å². The lowest BCUT2D eigenvalue weighted by Gasteiger charge is -2.08. The normalized spacial score (nSPS) is 16.2. The van der Waals surface area contributed by atoms with E-state index in [9.17, 15) is 21.6 Å². The molecule has 0 aliphatic heterocycles. The maximum absolute atomic E-state index is 12.9. The third-order valence-corrected chi connectivity index (χ3v) is 5.19. The summed E-state index contributed by atoms with van der Waals surface area (Å²) >= 11 is 5.84. The van der Waals surface area contributed by atoms with Crippen LogP contribution in [-0.2, 0) is 22.7 Å². The Morgan fingerprint density at radius 1 is 1.41 bits per heavy atom. The Hall–Kier alpha value is -0.800. The van der Waals surface area contributed by atoms with Crippen molar-refractivity contribution in [3.8, 4) is 0 Å². The van der Waals surface area contributed by atoms with Crippen LogP contribution in [0.15, 0.2) is 0 Å². The molecule has 0 radical (unpaired) electrons. The zero-order valence-corrected chi connectivity index (χ0v) is 13.5. The van der Waals surface area contributed by atoms with E-state index in [0.717, 1.165) is 12.8 Å². The minimum absolute atomic E-state index is 0.0171. The van der Waals surface area contributed by atoms with Gasteiger partial charge in [-0.25, -0.2) is 13.1 Å². The van der Waals surface area contributed by atoms with Crippen molar-refractivity contribution >= 4 is 21.6 Å². The van der Waals surface area contributed by atoms with Gasteiger partial charge in [0.15, 0.2) is 5.69 Å². The number of sulfonamides is 1. The van der Waals surface area contributed by atoms with Gasteiger partial charge in [0.1, 0.15) is 0 Å². The molecule has 22 heavy (non-hydrogen) atoms. The van der Waals surface area contributed by atoms with Crippen LogP contribution in [0.5, 0.6) is 0 Å². The highest BCUT2D eigenvalue weighted by Crippen LogP contribution is 2.46. The van der Waals surface area contributed by atoms with Crippen LogP contribution in [0, 0.1) is 0 Å². The summed E-state index contributed by atoms with van der Waals surface area (Å²) < 4.78 is 64.8. The molecule has 5 nitrogen and oxygen atoms in total. The maximum Gasteiger partial charge on any atom is 0.436 e. The van der Waals surface area contributed by atoms with Crippen LogP contribution < -0.4 is 4.72 Å². The first-order valence-corrected chi connectivity index (χ1v) is 8.99. The minimum Gasteiger partial charge on any atom is -0.267 e. The first-order valence-electron chi connectivity index (χ1n) is 6.96. The van der Waals surface area contributed by atoms with Crippen molar-refractivity contribution in [1.29, 1.82) is 0 Å². The molecule has 1 N–H and O–H groups in total. The van der Waals surface area contributed by atoms with E-state index >= 15 is 0 Å². The van der Waals surface area contributed by atoms with Gasteiger partial charge in [0.2, 0.25) is 10.0 Å². The molecule has 1 aliphatic carbocycles. The summed E-state index contributed by atoms with van der Waals surface area (Å²) in [6.07, 6.45) is -2.65. The smallest absolute Gasteiger partial charge is 0.267 e. The van der Waals surface area contributed by atoms with Gasteiger partial charge in [-0.2, -0.15) is 18.3 Å². The molecule has 0 amide bonds. The Balaban J connectivity index is 2.07. The molecule has 0 unspecified atom stereocenters. The van der Waals surface area contributed by atoms with E-state index in [-0.39, 0.29) is 29.8 Å². The summed E-state index contributed by atoms with van der Waals surface area (Å²) in [6, 6.07) is 0. The molecular weight excluding hydrogens is 343 g/mol. The highest BCUT2D eigenvalue weighted by molar-refractivity contribution is 7.89. The van der Waals surface area contributed by atoms with E-state index in [4.69, 9.17) is 11.6 Å². The second-order valence-electron chi connectivity index (χ2n) is 5.19. The van der Waals surface area contributed by atoms with Gasteiger partial charge in [0.05, 0.1) is 16.5 Å². The molecule has 1 aromatic rings. The molecule has 0 atom stereocenters. The Morgan fingerprint density at radius 3 is 2.55 bits per heavy atom. The second kappa shape index (κ2) is 6.37. The topological polar surface area (TPSA) is 64.0 Å². The second-order valence-corrected chi connectivity index (χ2v) is 7.67. The lowest BCUT2D eigenvalue weighted by Crippen LogP contribution is -2.27. The number of hydrogen-bond donors (Lipinski definition) is 1. The number of alkyl halides is 3. The number of nitrogens with zero attached hydrogens (tertiary/aromatic N) is 2. The van der Waals surface area contributed by atoms with Gasteiger partial charge in [0.25, 0.3) is 0 Å². The first-order chi connectivity index (χ1) is 10.2. The SMILES string of the molecule is CCS(=O)(=O)NCCCn1nc(C(F)(F)F)c(Cl)c1C1CC1. The Morgan fingerprint density at radius 2 is 2.05 bits per heavy atom. The average molecular weight is 360 g/mol. The molecule has 126 valence electrons. The Bertz CT molecular complexity index is 639. The Labute approximate surface area is 131 Å². The molecule has 1 fully saturated rings. The molecule has 1 aliphatic rings. The van der Waals surface area contributed by atoms with Crippen LogP contribution in [-0.4, -0.2) is 30.5 Å². The van der Waals surface area contributed by atoms with Gasteiger partial charge in [-0.05, 0) is 26.2 Å². The maximum atomic E-state index is 12.9. The highest BCUT2D eigenvalue weighted by atomic mass is 35.5. The van der Waals surface area contributed by atoms with Crippen molar-refractivity contribution in [1.82, 2.24) is 14.5 Å². The van der Waals surface area contributed by atoms with Gasteiger partial charge < -0.3 is 0 Å². The molecule has 10 heteroatoms. The summed E-state index contributed by atoms with van der Waals surface area (Å²) in [5.74, 6) is -0.0185. The third kappa shape index (κ3) is 4.14. The first kappa shape index (κ1) is 17.6. The monoisotopic (exact) mass is 359 g/mol. The van der Waals surface area contributed by atoms with Crippen LogP contribution in [0.1, 0.15) is 43.5 Å². The van der Waals surface area contributed by atoms with Gasteiger partial charge >= 0.3 is 6.18 Å². The van der Waals surface area contributed by atoms with E-state index in [1.165, 1.54) is 11.6 Å². The minimum atomic E-state index is -4.59. The largest absolute Gasteiger partial charge is 0.436 e. The van der Waals surface area contributed by atoms with E-state index in [0.29, 0.717) is 12.1 Å². The fourth-order valence-corrected chi connectivity index (χ4v) is 3.17. The molecular formula is C12H17ClF3N3O2S. The van der Waals surface area contributed by atoms with E-state index in [1.807, 2.05) is 0 Å². The van der Waals surface area contributed by atoms with Crippen molar-refractivity contribution < 1.29 is 21.6 Å². The molecule has 0 spiro atoms. The quantitative estimate of drug-likeness (QED) is 0.761. The fourth-order valence-electron chi connectivity index (χ4n) is 2.11. The fraction of sp³-hybridized carbons (Fsp3) is 0.750. The summed E-state index contributed by atoms with van der Waals surface area (Å²) in [5.41, 5.74) is -0.655. The van der Waals surface area contributed by atoms with Crippen molar-refractivity contribution in [3.05, 3.63) is 16.4 Å². The number of nitrogens with one attached hydrogen (secondary N) is 1. The molecule has 0 aromatic carbocycles. The van der Waals surface area contributed by atoms with Crippen molar-refractivity contribution in [2.24, 2.45) is 0 Å². The summed E-state index contributed by atoms with van der Waals surface area (Å²) in [4.78, 5) is 0. The third-order valence-electron chi connectivity index (χ3n) is 3.41. The molecule has 0 saturated heterocycles. The van der Waals surface area contributed by atoms with Gasteiger partial charge in [0, 0.05) is 19.0 Å². The van der Waals surface area contributed by atoms with Crippen LogP contribution >= 0.6 is 11.6 Å². The zero-order valence-electron chi connectivity index (χ0n) is 12.0. The average Bonchev–Trinajstić information content (AvgIpc) is 3.18. The lowest BCUT2D eigenvalue weighted by atomic mass is 10.2. The van der Waals surface area contributed by atoms with E-state index in [2.05, 4.69) is 9.82 Å². The lowest BCUT2D eigenvalue weighted by molar-refractivity contribution is -0.141. The van der Waals surface area contributed by atoms with Gasteiger partial charge in [-0.15, -0.1) is 0 Å². The van der Waals surface area contributed by atoms with Crippen LogP contribution in [0.3, 0.4) is 0 Å². The van der Waals surface area contributed by atoms with Crippen molar-refractivity contribution in [2.45, 2.75) is 44.8 Å². The molecule has 1 aromatic heterocycles. The van der Waals surface area contributed by atoms with Gasteiger partial charge in [-0.1, -0.05) is 11.6 Å². The molecule has 1 heterocycles. The predicted octanol–water partition coefficient (Wildman–Crippen LogP) is 2.76. The zero-order chi connectivity index (χ0) is 16.5. The number of rotatable bonds is 7. The van der Waals surface area contributed by atoms with E-state index in [1.54, 1.807) is 0 Å². The summed E-state index contributed by atoms with van der Waals surface area (Å²) in [5, 5.41) is 3.25. The van der Waals surface area contributed by atoms with Crippen molar-refractivity contribution in [3.63, 3.8) is 0 Å². The van der Waals surface area contributed by atoms with Crippen molar-refractivity contribution in [2.75, 3.05) is 12.3 Å². The van der Waals surface area contributed by atoms with E-state index < -0.39 is 21.9 Å². The number of hydrogen-bond acceptors (Lipinski definition) is 3. The molecule has 1 saturated carbocycles. The Kier molecular flexibility index (Phi) is 5.08. The standard InChI is InChI=1S/C12H17ClF3N3O2S/c1-2-22(20,21)17-6-3-7-19-10(8-4-5-8)9(13)11(18-19)12(14,15)16/h8,17H,2-7H2,1H3. The highest BCUT2D eigenvalue weighted by Gasteiger charge is 2.41. The van der Waals surface area contributed by atoms with Crippen LogP contribution in [0.25, 0.3) is 0 Å². The number of halogens is 4. The molecule has 2 rings (SSSR count). The predicted molar refractivity (Wildman–Crippen MR) is 76.3 cm³/mol. The molecule has 0 bridgehead atoms. The summed E-state index contributed by atoms with van der Waals surface area (Å²) in [6.45, 7) is 1.85.